The molecule has 0 aliphatic carbocycles. The molecule has 0 aliphatic rings. The van der Waals surface area contributed by atoms with E-state index < -0.39 is 0 Å². The highest BCUT2D eigenvalue weighted by Gasteiger charge is 2.17. The van der Waals surface area contributed by atoms with E-state index in [0.29, 0.717) is 39.3 Å². The molecular formula is C29H25ClN4O3. The summed E-state index contributed by atoms with van der Waals surface area (Å²) in [6, 6.07) is 21.9. The number of hydrogen-bond donors (Lipinski definition) is 1. The Morgan fingerprint density at radius 1 is 1.03 bits per heavy atom. The number of carbonyl (C=O) groups excluding carboxylic acids is 2. The minimum absolute atomic E-state index is 0.336. The lowest BCUT2D eigenvalue weighted by molar-refractivity contribution is -0.112. The largest absolute Gasteiger partial charge is 0.457 e. The van der Waals surface area contributed by atoms with Gasteiger partial charge in [-0.25, -0.2) is 0 Å². The molecule has 1 N–H and O–H groups in total. The van der Waals surface area contributed by atoms with Crippen LogP contribution >= 0.6 is 11.6 Å². The molecule has 2 amide bonds. The summed E-state index contributed by atoms with van der Waals surface area (Å²) in [4.78, 5) is 31.6. The second-order valence-corrected chi connectivity index (χ2v) is 8.51. The van der Waals surface area contributed by atoms with Crippen LogP contribution < -0.4 is 19.9 Å². The van der Waals surface area contributed by atoms with Crippen molar-refractivity contribution < 1.29 is 14.3 Å². The number of aromatic nitrogens is 1. The zero-order valence-electron chi connectivity index (χ0n) is 20.4. The topological polar surface area (TPSA) is 74.8 Å². The Bertz CT molecular complexity index is 1440. The highest BCUT2D eigenvalue weighted by molar-refractivity contribution is 6.31. The molecular weight excluding hydrogens is 488 g/mol. The van der Waals surface area contributed by atoms with Gasteiger partial charge in [-0.2, -0.15) is 0 Å². The summed E-state index contributed by atoms with van der Waals surface area (Å²) in [5.41, 5.74) is 4.18. The van der Waals surface area contributed by atoms with Crippen LogP contribution in [0, 0.1) is 6.92 Å². The molecule has 4 rings (SSSR count). The first kappa shape index (κ1) is 25.5. The van der Waals surface area contributed by atoms with Crippen molar-refractivity contribution in [3.05, 3.63) is 108 Å². The number of nitrogens with one attached hydrogen (secondary N) is 1. The van der Waals surface area contributed by atoms with Gasteiger partial charge in [-0.1, -0.05) is 30.3 Å². The van der Waals surface area contributed by atoms with E-state index in [1.165, 1.54) is 11.0 Å². The van der Waals surface area contributed by atoms with Gasteiger partial charge in [0.2, 0.25) is 12.3 Å². The van der Waals surface area contributed by atoms with Crippen LogP contribution in [-0.4, -0.2) is 24.3 Å². The number of rotatable bonds is 9. The quantitative estimate of drug-likeness (QED) is 0.192. The van der Waals surface area contributed by atoms with Gasteiger partial charge in [-0.3, -0.25) is 19.5 Å². The number of ether oxygens (including phenoxy) is 1. The number of amides is 2. The summed E-state index contributed by atoms with van der Waals surface area (Å²) in [6.07, 6.45) is 5.23. The molecule has 7 nitrogen and oxygen atoms in total. The van der Waals surface area contributed by atoms with Crippen LogP contribution in [0.15, 0.2) is 97.8 Å². The standard InChI is InChI=1S/C29H25ClN4O3/c1-4-29(36)32-21-7-5-8-23(17-21)34(19-35)26-15-16-31-18-27(26)33(3)22-11-13-24(14-12-22)37-28-10-6-9-25(30)20(28)2/h4-19H,1H2,2-3H3,(H,32,36). The molecule has 0 radical (unpaired) electrons. The molecule has 0 unspecified atom stereocenters. The fourth-order valence-electron chi connectivity index (χ4n) is 3.73. The summed E-state index contributed by atoms with van der Waals surface area (Å²) in [7, 11) is 1.89. The molecule has 0 atom stereocenters. The molecule has 0 saturated carbocycles. The third-order valence-corrected chi connectivity index (χ3v) is 6.16. The Morgan fingerprint density at radius 2 is 1.78 bits per heavy atom. The Labute approximate surface area is 220 Å². The van der Waals surface area contributed by atoms with E-state index in [1.807, 2.05) is 61.3 Å². The lowest BCUT2D eigenvalue weighted by Crippen LogP contribution is -2.19. The number of anilines is 5. The Balaban J connectivity index is 1.60. The second-order valence-electron chi connectivity index (χ2n) is 8.10. The number of carbonyl (C=O) groups is 2. The molecule has 0 bridgehead atoms. The van der Waals surface area contributed by atoms with Gasteiger partial charge in [-0.05, 0) is 73.7 Å². The zero-order chi connectivity index (χ0) is 26.4. The minimum Gasteiger partial charge on any atom is -0.457 e. The van der Waals surface area contributed by atoms with E-state index in [0.717, 1.165) is 17.7 Å². The van der Waals surface area contributed by atoms with Crippen molar-refractivity contribution in [2.75, 3.05) is 22.2 Å². The average molecular weight is 513 g/mol. The highest BCUT2D eigenvalue weighted by atomic mass is 35.5. The number of benzene rings is 3. The molecule has 1 heterocycles. The Hall–Kier alpha value is -4.62. The van der Waals surface area contributed by atoms with E-state index in [9.17, 15) is 9.59 Å². The number of pyridine rings is 1. The van der Waals surface area contributed by atoms with Crippen LogP contribution in [0.4, 0.5) is 28.4 Å². The summed E-state index contributed by atoms with van der Waals surface area (Å²) < 4.78 is 6.01. The smallest absolute Gasteiger partial charge is 0.247 e. The second kappa shape index (κ2) is 11.4. The maximum Gasteiger partial charge on any atom is 0.247 e. The molecule has 0 aliphatic heterocycles. The summed E-state index contributed by atoms with van der Waals surface area (Å²) in [5.74, 6) is 1.02. The van der Waals surface area contributed by atoms with Crippen LogP contribution in [0.2, 0.25) is 5.02 Å². The van der Waals surface area contributed by atoms with Crippen LogP contribution in [0.3, 0.4) is 0 Å². The minimum atomic E-state index is -0.336. The SMILES string of the molecule is C=CC(=O)Nc1cccc(N(C=O)c2ccncc2N(C)c2ccc(Oc3cccc(Cl)c3C)cc2)c1. The van der Waals surface area contributed by atoms with Crippen molar-refractivity contribution in [3.63, 3.8) is 0 Å². The van der Waals surface area contributed by atoms with Crippen molar-refractivity contribution in [2.24, 2.45) is 0 Å². The number of halogens is 1. The molecule has 0 saturated heterocycles. The van der Waals surface area contributed by atoms with Gasteiger partial charge < -0.3 is 15.0 Å². The number of hydrogen-bond acceptors (Lipinski definition) is 5. The lowest BCUT2D eigenvalue weighted by atomic mass is 10.2. The summed E-state index contributed by atoms with van der Waals surface area (Å²) >= 11 is 6.20. The molecule has 0 spiro atoms. The fraction of sp³-hybridized carbons (Fsp3) is 0.0690. The van der Waals surface area contributed by atoms with Gasteiger partial charge >= 0.3 is 0 Å². The monoisotopic (exact) mass is 512 g/mol. The van der Waals surface area contributed by atoms with E-state index >= 15 is 0 Å². The van der Waals surface area contributed by atoms with Crippen molar-refractivity contribution in [2.45, 2.75) is 6.92 Å². The lowest BCUT2D eigenvalue weighted by Gasteiger charge is -2.27. The van der Waals surface area contributed by atoms with Crippen molar-refractivity contribution in [1.29, 1.82) is 0 Å². The first-order valence-electron chi connectivity index (χ1n) is 11.4. The van der Waals surface area contributed by atoms with Gasteiger partial charge in [0.05, 0.1) is 23.3 Å². The third-order valence-electron chi connectivity index (χ3n) is 5.75. The molecule has 8 heteroatoms. The first-order chi connectivity index (χ1) is 17.9. The third kappa shape index (κ3) is 5.79. The van der Waals surface area contributed by atoms with Crippen LogP contribution in [-0.2, 0) is 9.59 Å². The normalized spacial score (nSPS) is 10.4. The summed E-state index contributed by atoms with van der Waals surface area (Å²) in [5, 5.41) is 3.36. The first-order valence-corrected chi connectivity index (χ1v) is 11.8. The molecule has 186 valence electrons. The van der Waals surface area contributed by atoms with Crippen molar-refractivity contribution in [3.8, 4) is 11.5 Å². The van der Waals surface area contributed by atoms with Gasteiger partial charge in [0.1, 0.15) is 11.5 Å². The van der Waals surface area contributed by atoms with Crippen LogP contribution in [0.5, 0.6) is 11.5 Å². The highest BCUT2D eigenvalue weighted by Crippen LogP contribution is 2.37. The van der Waals surface area contributed by atoms with Gasteiger partial charge in [0.25, 0.3) is 0 Å². The van der Waals surface area contributed by atoms with Gasteiger partial charge in [0.15, 0.2) is 0 Å². The summed E-state index contributed by atoms with van der Waals surface area (Å²) in [6.45, 7) is 5.38. The predicted octanol–water partition coefficient (Wildman–Crippen LogP) is 7.02. The molecule has 37 heavy (non-hydrogen) atoms. The Kier molecular flexibility index (Phi) is 7.86. The average Bonchev–Trinajstić information content (AvgIpc) is 2.92. The number of nitrogens with zero attached hydrogens (tertiary/aromatic N) is 3. The fourth-order valence-corrected chi connectivity index (χ4v) is 3.89. The maximum atomic E-state index is 12.2. The van der Waals surface area contributed by atoms with Crippen molar-refractivity contribution in [1.82, 2.24) is 4.98 Å². The van der Waals surface area contributed by atoms with E-state index in [2.05, 4.69) is 16.9 Å². The van der Waals surface area contributed by atoms with Crippen LogP contribution in [0.1, 0.15) is 5.56 Å². The van der Waals surface area contributed by atoms with E-state index in [-0.39, 0.29) is 5.91 Å². The molecule has 3 aromatic carbocycles. The molecule has 4 aromatic rings. The van der Waals surface area contributed by atoms with E-state index in [4.69, 9.17) is 16.3 Å². The van der Waals surface area contributed by atoms with E-state index in [1.54, 1.807) is 42.7 Å². The maximum absolute atomic E-state index is 12.2. The van der Waals surface area contributed by atoms with Gasteiger partial charge in [-0.15, -0.1) is 0 Å². The van der Waals surface area contributed by atoms with Crippen LogP contribution in [0.25, 0.3) is 0 Å². The zero-order valence-corrected chi connectivity index (χ0v) is 21.1. The molecule has 0 fully saturated rings. The van der Waals surface area contributed by atoms with Crippen molar-refractivity contribution >= 4 is 52.4 Å². The Morgan fingerprint density at radius 3 is 2.51 bits per heavy atom. The molecule has 1 aromatic heterocycles. The predicted molar refractivity (Wildman–Crippen MR) is 148 cm³/mol. The van der Waals surface area contributed by atoms with Gasteiger partial charge in [0, 0.05) is 35.2 Å².